The molecule has 1 heterocycles. The van der Waals surface area contributed by atoms with Crippen LogP contribution in [0.1, 0.15) is 50.4 Å². The fourth-order valence-electron chi connectivity index (χ4n) is 4.09. The normalized spacial score (nSPS) is 15.6. The van der Waals surface area contributed by atoms with Gasteiger partial charge in [0.15, 0.2) is 0 Å². The molecule has 3 heteroatoms. The van der Waals surface area contributed by atoms with Gasteiger partial charge in [0.2, 0.25) is 0 Å². The Labute approximate surface area is 160 Å². The lowest BCUT2D eigenvalue weighted by Gasteiger charge is -2.18. The van der Waals surface area contributed by atoms with E-state index in [0.29, 0.717) is 17.7 Å². The van der Waals surface area contributed by atoms with Gasteiger partial charge in [-0.1, -0.05) is 68.7 Å². The van der Waals surface area contributed by atoms with E-state index >= 15 is 0 Å². The van der Waals surface area contributed by atoms with E-state index in [2.05, 4.69) is 12.2 Å². The number of aryl methyl sites for hydroxylation is 1. The summed E-state index contributed by atoms with van der Waals surface area (Å²) in [6.07, 6.45) is 11.6. The van der Waals surface area contributed by atoms with Crippen molar-refractivity contribution in [2.24, 2.45) is 5.92 Å². The summed E-state index contributed by atoms with van der Waals surface area (Å²) in [6, 6.07) is 15.8. The molecule has 0 atom stereocenters. The smallest absolute Gasteiger partial charge is 0.266 e. The molecular weight excluding hydrogens is 332 g/mol. The molecule has 0 unspecified atom stereocenters. The largest absolute Gasteiger partial charge is 0.268 e. The van der Waals surface area contributed by atoms with Gasteiger partial charge in [0, 0.05) is 6.42 Å². The first-order valence-electron chi connectivity index (χ1n) is 10.1. The molecule has 138 valence electrons. The van der Waals surface area contributed by atoms with E-state index in [0.717, 1.165) is 22.6 Å². The van der Waals surface area contributed by atoms with E-state index in [4.69, 9.17) is 4.98 Å². The van der Waals surface area contributed by atoms with Gasteiger partial charge in [-0.15, -0.1) is 0 Å². The standard InChI is InChI=1S/C24H26N2O/c1-2-22-25-21-15-9-12-19(17-16-18-10-5-3-6-11-18)23(21)24(27)26(22)20-13-7-4-8-14-20/h4,7-9,12-18H,2-3,5-6,10-11H2,1H3/b17-16+. The minimum atomic E-state index is 0.0203. The summed E-state index contributed by atoms with van der Waals surface area (Å²) < 4.78 is 1.76. The number of nitrogens with zero attached hydrogens (tertiary/aromatic N) is 2. The Morgan fingerprint density at radius 2 is 1.81 bits per heavy atom. The maximum absolute atomic E-state index is 13.5. The molecule has 1 saturated carbocycles. The molecule has 0 amide bonds. The number of benzene rings is 2. The fourth-order valence-corrected chi connectivity index (χ4v) is 4.09. The molecule has 0 saturated heterocycles. The first-order valence-corrected chi connectivity index (χ1v) is 10.1. The lowest BCUT2D eigenvalue weighted by Crippen LogP contribution is -2.24. The van der Waals surface area contributed by atoms with Crippen molar-refractivity contribution in [1.29, 1.82) is 0 Å². The van der Waals surface area contributed by atoms with Crippen molar-refractivity contribution in [3.8, 4) is 5.69 Å². The molecule has 4 rings (SSSR count). The fraction of sp³-hybridized carbons (Fsp3) is 0.333. The number of fused-ring (bicyclic) bond motifs is 1. The van der Waals surface area contributed by atoms with Crippen LogP contribution < -0.4 is 5.56 Å². The van der Waals surface area contributed by atoms with Crippen LogP contribution in [0.3, 0.4) is 0 Å². The lowest BCUT2D eigenvalue weighted by molar-refractivity contribution is 0.420. The maximum atomic E-state index is 13.5. The number of rotatable bonds is 4. The third-order valence-electron chi connectivity index (χ3n) is 5.53. The minimum absolute atomic E-state index is 0.0203. The average molecular weight is 358 g/mol. The second kappa shape index (κ2) is 7.91. The summed E-state index contributed by atoms with van der Waals surface area (Å²) in [6.45, 7) is 2.04. The summed E-state index contributed by atoms with van der Waals surface area (Å²) in [4.78, 5) is 18.3. The number of aromatic nitrogens is 2. The van der Waals surface area contributed by atoms with Crippen molar-refractivity contribution in [1.82, 2.24) is 9.55 Å². The van der Waals surface area contributed by atoms with Crippen molar-refractivity contribution < 1.29 is 0 Å². The van der Waals surface area contributed by atoms with Crippen molar-refractivity contribution in [3.63, 3.8) is 0 Å². The zero-order chi connectivity index (χ0) is 18.6. The monoisotopic (exact) mass is 358 g/mol. The Kier molecular flexibility index (Phi) is 5.19. The highest BCUT2D eigenvalue weighted by molar-refractivity contribution is 5.87. The SMILES string of the molecule is CCc1nc2cccc(/C=C/C3CCCCC3)c2c(=O)n1-c1ccccc1. The van der Waals surface area contributed by atoms with Crippen LogP contribution in [-0.2, 0) is 6.42 Å². The second-order valence-electron chi connectivity index (χ2n) is 7.36. The number of allylic oxidation sites excluding steroid dienone is 1. The molecule has 1 aliphatic carbocycles. The van der Waals surface area contributed by atoms with Crippen LogP contribution in [0.15, 0.2) is 59.4 Å². The predicted molar refractivity (Wildman–Crippen MR) is 112 cm³/mol. The molecule has 0 radical (unpaired) electrons. The number of hydrogen-bond donors (Lipinski definition) is 0. The van der Waals surface area contributed by atoms with Gasteiger partial charge in [0.05, 0.1) is 16.6 Å². The van der Waals surface area contributed by atoms with Gasteiger partial charge in [0.1, 0.15) is 5.82 Å². The highest BCUT2D eigenvalue weighted by Crippen LogP contribution is 2.26. The minimum Gasteiger partial charge on any atom is -0.268 e. The van der Waals surface area contributed by atoms with Crippen molar-refractivity contribution in [2.75, 3.05) is 0 Å². The van der Waals surface area contributed by atoms with Gasteiger partial charge in [-0.25, -0.2) is 4.98 Å². The Morgan fingerprint density at radius 3 is 2.56 bits per heavy atom. The first kappa shape index (κ1) is 17.7. The zero-order valence-electron chi connectivity index (χ0n) is 15.9. The Bertz CT molecular complexity index is 1010. The van der Waals surface area contributed by atoms with Gasteiger partial charge in [0.25, 0.3) is 5.56 Å². The van der Waals surface area contributed by atoms with Crippen LogP contribution in [0.4, 0.5) is 0 Å². The van der Waals surface area contributed by atoms with Crippen LogP contribution >= 0.6 is 0 Å². The highest BCUT2D eigenvalue weighted by atomic mass is 16.1. The van der Waals surface area contributed by atoms with E-state index in [1.165, 1.54) is 32.1 Å². The molecule has 3 aromatic rings. The van der Waals surface area contributed by atoms with Crippen molar-refractivity contribution >= 4 is 17.0 Å². The molecule has 0 spiro atoms. The predicted octanol–water partition coefficient (Wildman–Crippen LogP) is 5.54. The van der Waals surface area contributed by atoms with Gasteiger partial charge < -0.3 is 0 Å². The van der Waals surface area contributed by atoms with Gasteiger partial charge in [-0.2, -0.15) is 0 Å². The second-order valence-corrected chi connectivity index (χ2v) is 7.36. The van der Waals surface area contributed by atoms with E-state index < -0.39 is 0 Å². The van der Waals surface area contributed by atoms with Crippen LogP contribution in [0, 0.1) is 5.92 Å². The molecule has 1 aromatic heterocycles. The molecule has 27 heavy (non-hydrogen) atoms. The molecule has 0 N–H and O–H groups in total. The average Bonchev–Trinajstić information content (AvgIpc) is 2.73. The van der Waals surface area contributed by atoms with Crippen molar-refractivity contribution in [2.45, 2.75) is 45.4 Å². The van der Waals surface area contributed by atoms with Crippen LogP contribution in [0.5, 0.6) is 0 Å². The maximum Gasteiger partial charge on any atom is 0.266 e. The number of hydrogen-bond acceptors (Lipinski definition) is 2. The summed E-state index contributed by atoms with van der Waals surface area (Å²) in [7, 11) is 0. The molecular formula is C24H26N2O. The molecule has 1 fully saturated rings. The first-order chi connectivity index (χ1) is 13.3. The highest BCUT2D eigenvalue weighted by Gasteiger charge is 2.14. The molecule has 0 aliphatic heterocycles. The quantitative estimate of drug-likeness (QED) is 0.613. The van der Waals surface area contributed by atoms with E-state index in [1.807, 2.05) is 55.5 Å². The third-order valence-corrected chi connectivity index (χ3v) is 5.53. The van der Waals surface area contributed by atoms with E-state index in [-0.39, 0.29) is 5.56 Å². The van der Waals surface area contributed by atoms with Crippen LogP contribution in [0.2, 0.25) is 0 Å². The lowest BCUT2D eigenvalue weighted by atomic mass is 9.88. The third kappa shape index (κ3) is 3.59. The molecule has 3 nitrogen and oxygen atoms in total. The van der Waals surface area contributed by atoms with Gasteiger partial charge >= 0.3 is 0 Å². The summed E-state index contributed by atoms with van der Waals surface area (Å²) >= 11 is 0. The number of para-hydroxylation sites is 1. The van der Waals surface area contributed by atoms with Gasteiger partial charge in [-0.3, -0.25) is 9.36 Å². The summed E-state index contributed by atoms with van der Waals surface area (Å²) in [5.41, 5.74) is 2.66. The van der Waals surface area contributed by atoms with Gasteiger partial charge in [-0.05, 0) is 42.5 Å². The molecule has 2 aromatic carbocycles. The van der Waals surface area contributed by atoms with Crippen molar-refractivity contribution in [3.05, 3.63) is 76.3 Å². The summed E-state index contributed by atoms with van der Waals surface area (Å²) in [5.74, 6) is 1.43. The topological polar surface area (TPSA) is 34.9 Å². The molecule has 0 bridgehead atoms. The zero-order valence-corrected chi connectivity index (χ0v) is 15.9. The van der Waals surface area contributed by atoms with Crippen LogP contribution in [0.25, 0.3) is 22.7 Å². The van der Waals surface area contributed by atoms with E-state index in [9.17, 15) is 4.79 Å². The Hall–Kier alpha value is -2.68. The molecule has 1 aliphatic rings. The Morgan fingerprint density at radius 1 is 1.04 bits per heavy atom. The van der Waals surface area contributed by atoms with Crippen LogP contribution in [-0.4, -0.2) is 9.55 Å². The summed E-state index contributed by atoms with van der Waals surface area (Å²) in [5, 5.41) is 0.714. The van der Waals surface area contributed by atoms with E-state index in [1.54, 1.807) is 4.57 Å². The Balaban J connectivity index is 1.86.